The van der Waals surface area contributed by atoms with E-state index in [0.29, 0.717) is 43.3 Å². The maximum atomic E-state index is 14.5. The lowest BCUT2D eigenvalue weighted by atomic mass is 10.1. The minimum atomic E-state index is -0.951. The van der Waals surface area contributed by atoms with Crippen LogP contribution < -0.4 is 14.4 Å². The summed E-state index contributed by atoms with van der Waals surface area (Å²) in [6.45, 7) is 3.53. The molecular weight excluding hydrogens is 546 g/mol. The first-order valence-electron chi connectivity index (χ1n) is 13.4. The van der Waals surface area contributed by atoms with Crippen LogP contribution in [0.2, 0.25) is 0 Å². The van der Waals surface area contributed by atoms with Crippen molar-refractivity contribution in [3.05, 3.63) is 89.6 Å². The Morgan fingerprint density at radius 2 is 1.55 bits per heavy atom. The number of benzene rings is 3. The van der Waals surface area contributed by atoms with Gasteiger partial charge in [-0.3, -0.25) is 4.79 Å². The Morgan fingerprint density at radius 1 is 0.881 bits per heavy atom. The molecule has 1 amide bonds. The normalized spacial score (nSPS) is 13.2. The first-order chi connectivity index (χ1) is 20.3. The number of para-hydroxylation sites is 2. The highest BCUT2D eigenvalue weighted by atomic mass is 19.1. The molecule has 9 nitrogen and oxygen atoms in total. The maximum Gasteiger partial charge on any atom is 0.358 e. The van der Waals surface area contributed by atoms with Gasteiger partial charge in [0.2, 0.25) is 0 Å². The molecule has 218 valence electrons. The molecule has 0 radical (unpaired) electrons. The van der Waals surface area contributed by atoms with E-state index in [0.717, 1.165) is 23.4 Å². The van der Waals surface area contributed by atoms with Crippen molar-refractivity contribution in [2.75, 3.05) is 51.9 Å². The van der Waals surface area contributed by atoms with Crippen LogP contribution in [0.25, 0.3) is 16.9 Å². The molecule has 2 heterocycles. The number of aromatic nitrogens is 2. The fourth-order valence-electron chi connectivity index (χ4n) is 4.92. The number of hydrogen-bond donors (Lipinski definition) is 0. The Balaban J connectivity index is 1.35. The largest absolute Gasteiger partial charge is 0.497 e. The fourth-order valence-corrected chi connectivity index (χ4v) is 4.92. The third-order valence-corrected chi connectivity index (χ3v) is 7.07. The number of carbonyl (C=O) groups excluding carboxylic acids is 2. The summed E-state index contributed by atoms with van der Waals surface area (Å²) in [6, 6.07) is 18.8. The predicted molar refractivity (Wildman–Crippen MR) is 153 cm³/mol. The lowest BCUT2D eigenvalue weighted by molar-refractivity contribution is 0.0518. The summed E-state index contributed by atoms with van der Waals surface area (Å²) in [5.74, 6) is -2.51. The maximum absolute atomic E-state index is 14.5. The standard InChI is InChI=1S/C31H30F2N4O5/c1-4-42-31(39)25-19-27(37(34-25)26-7-5-6-8-28(26)41-3)20-9-11-21(12-10-20)35-13-15-36(16-14-35)30(38)29-23(32)17-22(40-2)18-24(29)33/h5-12,17-19H,4,13-16H2,1-3H3. The summed E-state index contributed by atoms with van der Waals surface area (Å²) in [7, 11) is 2.87. The average Bonchev–Trinajstić information content (AvgIpc) is 3.46. The first kappa shape index (κ1) is 28.6. The number of piperazine rings is 1. The van der Waals surface area contributed by atoms with E-state index in [1.165, 1.54) is 12.0 Å². The summed E-state index contributed by atoms with van der Waals surface area (Å²) in [4.78, 5) is 29.0. The lowest BCUT2D eigenvalue weighted by Crippen LogP contribution is -2.49. The zero-order chi connectivity index (χ0) is 29.8. The monoisotopic (exact) mass is 576 g/mol. The van der Waals surface area contributed by atoms with Crippen LogP contribution in [-0.4, -0.2) is 73.6 Å². The SMILES string of the molecule is CCOC(=O)c1cc(-c2ccc(N3CCN(C(=O)c4c(F)cc(OC)cc4F)CC3)cc2)n(-c2ccccc2OC)n1. The Bertz CT molecular complexity index is 1570. The van der Waals surface area contributed by atoms with Crippen LogP contribution in [0.5, 0.6) is 11.5 Å². The molecular formula is C31H30F2N4O5. The Hall–Kier alpha value is -4.93. The smallest absolute Gasteiger partial charge is 0.358 e. The van der Waals surface area contributed by atoms with Crippen molar-refractivity contribution in [3.8, 4) is 28.4 Å². The number of anilines is 1. The Morgan fingerprint density at radius 3 is 2.17 bits per heavy atom. The summed E-state index contributed by atoms with van der Waals surface area (Å²) in [6.07, 6.45) is 0. The Labute approximate surface area is 241 Å². The number of ether oxygens (including phenoxy) is 3. The molecule has 0 unspecified atom stereocenters. The second kappa shape index (κ2) is 12.3. The van der Waals surface area contributed by atoms with Gasteiger partial charge >= 0.3 is 5.97 Å². The molecule has 5 rings (SSSR count). The van der Waals surface area contributed by atoms with Crippen LogP contribution in [0.1, 0.15) is 27.8 Å². The second-order valence-electron chi connectivity index (χ2n) is 9.51. The van der Waals surface area contributed by atoms with E-state index >= 15 is 0 Å². The van der Waals surface area contributed by atoms with Crippen molar-refractivity contribution >= 4 is 17.6 Å². The van der Waals surface area contributed by atoms with Crippen molar-refractivity contribution in [3.63, 3.8) is 0 Å². The van der Waals surface area contributed by atoms with Crippen LogP contribution in [0, 0.1) is 11.6 Å². The molecule has 0 saturated carbocycles. The number of amides is 1. The highest BCUT2D eigenvalue weighted by Crippen LogP contribution is 2.31. The molecule has 1 aromatic heterocycles. The zero-order valence-electron chi connectivity index (χ0n) is 23.5. The van der Waals surface area contributed by atoms with Crippen molar-refractivity contribution in [1.82, 2.24) is 14.7 Å². The number of nitrogens with zero attached hydrogens (tertiary/aromatic N) is 4. The second-order valence-corrected chi connectivity index (χ2v) is 9.51. The van der Waals surface area contributed by atoms with Gasteiger partial charge in [-0.05, 0) is 37.3 Å². The number of hydrogen-bond acceptors (Lipinski definition) is 7. The van der Waals surface area contributed by atoms with Gasteiger partial charge in [0.05, 0.1) is 26.5 Å². The van der Waals surface area contributed by atoms with Crippen LogP contribution in [0.3, 0.4) is 0 Å². The Kier molecular flexibility index (Phi) is 8.37. The molecule has 11 heteroatoms. The average molecular weight is 577 g/mol. The summed E-state index contributed by atoms with van der Waals surface area (Å²) >= 11 is 0. The predicted octanol–water partition coefficient (Wildman–Crippen LogP) is 4.97. The van der Waals surface area contributed by atoms with E-state index in [2.05, 4.69) is 10.00 Å². The molecule has 3 aromatic carbocycles. The van der Waals surface area contributed by atoms with Gasteiger partial charge < -0.3 is 24.0 Å². The summed E-state index contributed by atoms with van der Waals surface area (Å²) < 4.78 is 46.2. The molecule has 0 spiro atoms. The van der Waals surface area contributed by atoms with Gasteiger partial charge in [0, 0.05) is 49.6 Å². The number of halogens is 2. The topological polar surface area (TPSA) is 86.1 Å². The molecule has 0 bridgehead atoms. The third kappa shape index (κ3) is 5.63. The highest BCUT2D eigenvalue weighted by molar-refractivity contribution is 5.95. The summed E-state index contributed by atoms with van der Waals surface area (Å²) in [5, 5.41) is 4.52. The van der Waals surface area contributed by atoms with Gasteiger partial charge in [0.15, 0.2) is 5.69 Å². The van der Waals surface area contributed by atoms with Gasteiger partial charge in [0.1, 0.15) is 34.4 Å². The van der Waals surface area contributed by atoms with Gasteiger partial charge in [-0.2, -0.15) is 5.10 Å². The minimum Gasteiger partial charge on any atom is -0.497 e. The fraction of sp³-hybridized carbons (Fsp3) is 0.258. The van der Waals surface area contributed by atoms with E-state index in [1.54, 1.807) is 24.8 Å². The van der Waals surface area contributed by atoms with Crippen LogP contribution >= 0.6 is 0 Å². The molecule has 0 atom stereocenters. The minimum absolute atomic E-state index is 0.0119. The van der Waals surface area contributed by atoms with E-state index < -0.39 is 29.1 Å². The lowest BCUT2D eigenvalue weighted by Gasteiger charge is -2.36. The van der Waals surface area contributed by atoms with E-state index in [-0.39, 0.29) is 18.1 Å². The first-order valence-corrected chi connectivity index (χ1v) is 13.4. The molecule has 1 aliphatic heterocycles. The van der Waals surface area contributed by atoms with Crippen LogP contribution in [-0.2, 0) is 4.74 Å². The molecule has 42 heavy (non-hydrogen) atoms. The van der Waals surface area contributed by atoms with Crippen LogP contribution in [0.4, 0.5) is 14.5 Å². The zero-order valence-corrected chi connectivity index (χ0v) is 23.5. The molecule has 0 aliphatic carbocycles. The molecule has 1 aliphatic rings. The number of rotatable bonds is 8. The van der Waals surface area contributed by atoms with Crippen LogP contribution in [0.15, 0.2) is 66.7 Å². The quantitative estimate of drug-likeness (QED) is 0.274. The van der Waals surface area contributed by atoms with Crippen molar-refractivity contribution in [2.45, 2.75) is 6.92 Å². The number of carbonyl (C=O) groups is 2. The number of esters is 1. The van der Waals surface area contributed by atoms with E-state index in [9.17, 15) is 18.4 Å². The van der Waals surface area contributed by atoms with Gasteiger partial charge in [-0.1, -0.05) is 24.3 Å². The van der Waals surface area contributed by atoms with E-state index in [4.69, 9.17) is 14.2 Å². The molecule has 0 N–H and O–H groups in total. The van der Waals surface area contributed by atoms with Gasteiger partial charge in [-0.15, -0.1) is 0 Å². The van der Waals surface area contributed by atoms with Gasteiger partial charge in [0.25, 0.3) is 5.91 Å². The van der Waals surface area contributed by atoms with E-state index in [1.807, 2.05) is 48.5 Å². The molecule has 1 saturated heterocycles. The van der Waals surface area contributed by atoms with Crippen molar-refractivity contribution < 1.29 is 32.6 Å². The van der Waals surface area contributed by atoms with Crippen molar-refractivity contribution in [1.29, 1.82) is 0 Å². The molecule has 1 fully saturated rings. The summed E-state index contributed by atoms with van der Waals surface area (Å²) in [5.41, 5.74) is 2.66. The molecule has 4 aromatic rings. The third-order valence-electron chi connectivity index (χ3n) is 7.07. The number of methoxy groups -OCH3 is 2. The van der Waals surface area contributed by atoms with Crippen molar-refractivity contribution in [2.24, 2.45) is 0 Å². The van der Waals surface area contributed by atoms with Gasteiger partial charge in [-0.25, -0.2) is 18.3 Å². The highest BCUT2D eigenvalue weighted by Gasteiger charge is 2.28.